The van der Waals surface area contributed by atoms with Crippen molar-refractivity contribution < 1.29 is 9.53 Å². The van der Waals surface area contributed by atoms with Crippen molar-refractivity contribution in [1.82, 2.24) is 4.57 Å². The number of fused-ring (bicyclic) bond motifs is 3. The Bertz CT molecular complexity index is 676. The Balaban J connectivity index is 2.20. The van der Waals surface area contributed by atoms with Crippen molar-refractivity contribution in [3.8, 4) is 0 Å². The number of nitrogens with zero attached hydrogens (tertiary/aromatic N) is 1. The van der Waals surface area contributed by atoms with Crippen LogP contribution in [0.25, 0.3) is 10.9 Å². The maximum Gasteiger partial charge on any atom is 0.307 e. The van der Waals surface area contributed by atoms with Gasteiger partial charge in [0.15, 0.2) is 0 Å². The van der Waals surface area contributed by atoms with E-state index in [4.69, 9.17) is 4.74 Å². The quantitative estimate of drug-likeness (QED) is 0.795. The highest BCUT2D eigenvalue weighted by Crippen LogP contribution is 2.48. The van der Waals surface area contributed by atoms with Crippen molar-refractivity contribution >= 4 is 28.6 Å². The van der Waals surface area contributed by atoms with E-state index < -0.39 is 0 Å². The van der Waals surface area contributed by atoms with E-state index in [1.54, 1.807) is 0 Å². The number of ether oxygens (including phenoxy) is 1. The molecule has 3 rings (SSSR count). The first-order valence-corrected chi connectivity index (χ1v) is 7.83. The molecule has 3 nitrogen and oxygen atoms in total. The number of aromatic nitrogens is 1. The lowest BCUT2D eigenvalue weighted by Crippen LogP contribution is -2.30. The second-order valence-electron chi connectivity index (χ2n) is 5.49. The first-order chi connectivity index (χ1) is 9.57. The van der Waals surface area contributed by atoms with Gasteiger partial charge in [-0.15, -0.1) is 11.8 Å². The summed E-state index contributed by atoms with van der Waals surface area (Å²) >= 11 is 1.86. The number of methoxy groups -OCH3 is 1. The molecule has 0 amide bonds. The van der Waals surface area contributed by atoms with Crippen molar-refractivity contribution in [3.63, 3.8) is 0 Å². The number of rotatable bonds is 2. The van der Waals surface area contributed by atoms with Crippen molar-refractivity contribution in [2.75, 3.05) is 12.9 Å². The Morgan fingerprint density at radius 3 is 2.95 bits per heavy atom. The van der Waals surface area contributed by atoms with Gasteiger partial charge in [-0.25, -0.2) is 0 Å². The van der Waals surface area contributed by atoms with Gasteiger partial charge in [0, 0.05) is 23.6 Å². The standard InChI is InChI=1S/C16H19NO2S/c1-16(10-14(18)19-3)15-12(8-9-20-16)11-6-4-5-7-13(11)17(15)2/h4-7H,8-10H2,1-3H3. The largest absolute Gasteiger partial charge is 0.469 e. The summed E-state index contributed by atoms with van der Waals surface area (Å²) < 4.78 is 6.94. The monoisotopic (exact) mass is 289 g/mol. The highest BCUT2D eigenvalue weighted by atomic mass is 32.2. The average molecular weight is 289 g/mol. The van der Waals surface area contributed by atoms with Crippen LogP contribution in [0, 0.1) is 0 Å². The molecule has 106 valence electrons. The molecule has 1 atom stereocenters. The molecule has 1 aromatic carbocycles. The van der Waals surface area contributed by atoms with Crippen LogP contribution in [0.15, 0.2) is 24.3 Å². The van der Waals surface area contributed by atoms with Crippen LogP contribution in [0.3, 0.4) is 0 Å². The summed E-state index contributed by atoms with van der Waals surface area (Å²) in [6.45, 7) is 2.16. The third-order valence-corrected chi connectivity index (χ3v) is 5.58. The number of aryl methyl sites for hydroxylation is 2. The molecule has 1 unspecified atom stereocenters. The maximum atomic E-state index is 11.8. The lowest BCUT2D eigenvalue weighted by molar-refractivity contribution is -0.141. The second-order valence-corrected chi connectivity index (χ2v) is 7.08. The fraction of sp³-hybridized carbons (Fsp3) is 0.438. The van der Waals surface area contributed by atoms with Crippen molar-refractivity contribution in [2.24, 2.45) is 7.05 Å². The summed E-state index contributed by atoms with van der Waals surface area (Å²) in [5.41, 5.74) is 3.92. The molecule has 0 N–H and O–H groups in total. The van der Waals surface area contributed by atoms with E-state index in [1.165, 1.54) is 29.3 Å². The van der Waals surface area contributed by atoms with E-state index in [2.05, 4.69) is 42.8 Å². The van der Waals surface area contributed by atoms with Gasteiger partial charge < -0.3 is 9.30 Å². The van der Waals surface area contributed by atoms with Crippen LogP contribution in [-0.2, 0) is 27.7 Å². The summed E-state index contributed by atoms with van der Waals surface area (Å²) in [5.74, 6) is 0.909. The number of benzene rings is 1. The van der Waals surface area contributed by atoms with Crippen LogP contribution >= 0.6 is 11.8 Å². The number of thioether (sulfide) groups is 1. The summed E-state index contributed by atoms with van der Waals surface area (Å²) in [4.78, 5) is 11.8. The van der Waals surface area contributed by atoms with E-state index >= 15 is 0 Å². The van der Waals surface area contributed by atoms with Crippen LogP contribution in [0.5, 0.6) is 0 Å². The van der Waals surface area contributed by atoms with Gasteiger partial charge in [-0.05, 0) is 30.7 Å². The van der Waals surface area contributed by atoms with Crippen molar-refractivity contribution in [1.29, 1.82) is 0 Å². The lowest BCUT2D eigenvalue weighted by Gasteiger charge is -2.33. The predicted molar refractivity (Wildman–Crippen MR) is 83.1 cm³/mol. The fourth-order valence-electron chi connectivity index (χ4n) is 3.33. The zero-order chi connectivity index (χ0) is 14.3. The molecule has 0 saturated heterocycles. The molecule has 0 radical (unpaired) electrons. The number of para-hydroxylation sites is 1. The van der Waals surface area contributed by atoms with E-state index in [0.29, 0.717) is 6.42 Å². The fourth-order valence-corrected chi connectivity index (χ4v) is 4.70. The Morgan fingerprint density at radius 2 is 2.20 bits per heavy atom. The van der Waals surface area contributed by atoms with E-state index in [1.807, 2.05) is 11.8 Å². The first kappa shape index (κ1) is 13.6. The Morgan fingerprint density at radius 1 is 1.45 bits per heavy atom. The molecule has 0 spiro atoms. The number of carbonyl (C=O) groups excluding carboxylic acids is 1. The van der Waals surface area contributed by atoms with Gasteiger partial charge in [0.25, 0.3) is 0 Å². The molecule has 0 saturated carbocycles. The van der Waals surface area contributed by atoms with Gasteiger partial charge in [0.05, 0.1) is 18.3 Å². The molecule has 0 aliphatic carbocycles. The molecule has 0 bridgehead atoms. The lowest BCUT2D eigenvalue weighted by atomic mass is 9.95. The first-order valence-electron chi connectivity index (χ1n) is 6.84. The molecular formula is C16H19NO2S. The minimum Gasteiger partial charge on any atom is -0.469 e. The maximum absolute atomic E-state index is 11.8. The van der Waals surface area contributed by atoms with Crippen LogP contribution in [0.4, 0.5) is 0 Å². The van der Waals surface area contributed by atoms with Gasteiger partial charge in [-0.3, -0.25) is 4.79 Å². The van der Waals surface area contributed by atoms with Gasteiger partial charge >= 0.3 is 5.97 Å². The predicted octanol–water partition coefficient (Wildman–Crippen LogP) is 3.25. The van der Waals surface area contributed by atoms with Crippen LogP contribution < -0.4 is 0 Å². The Kier molecular flexibility index (Phi) is 3.28. The van der Waals surface area contributed by atoms with Crippen LogP contribution in [-0.4, -0.2) is 23.4 Å². The highest BCUT2D eigenvalue weighted by molar-refractivity contribution is 8.00. The summed E-state index contributed by atoms with van der Waals surface area (Å²) in [6, 6.07) is 8.49. The number of hydrogen-bond acceptors (Lipinski definition) is 3. The topological polar surface area (TPSA) is 31.2 Å². The average Bonchev–Trinajstić information content (AvgIpc) is 2.74. The Labute approximate surface area is 123 Å². The number of carbonyl (C=O) groups is 1. The molecule has 1 aliphatic rings. The molecule has 1 aromatic heterocycles. The molecule has 20 heavy (non-hydrogen) atoms. The summed E-state index contributed by atoms with van der Waals surface area (Å²) in [6.07, 6.45) is 1.49. The molecule has 4 heteroatoms. The van der Waals surface area contributed by atoms with Gasteiger partial charge in [0.1, 0.15) is 0 Å². The Hall–Kier alpha value is -1.42. The van der Waals surface area contributed by atoms with Crippen molar-refractivity contribution in [2.45, 2.75) is 24.5 Å². The molecular weight excluding hydrogens is 270 g/mol. The van der Waals surface area contributed by atoms with Gasteiger partial charge in [-0.2, -0.15) is 0 Å². The van der Waals surface area contributed by atoms with Crippen molar-refractivity contribution in [3.05, 3.63) is 35.5 Å². The number of esters is 1. The third-order valence-electron chi connectivity index (χ3n) is 4.19. The third kappa shape index (κ3) is 1.94. The zero-order valence-electron chi connectivity index (χ0n) is 12.1. The normalized spacial score (nSPS) is 21.8. The molecule has 1 aliphatic heterocycles. The van der Waals surface area contributed by atoms with E-state index in [-0.39, 0.29) is 10.7 Å². The number of hydrogen-bond donors (Lipinski definition) is 0. The zero-order valence-corrected chi connectivity index (χ0v) is 12.9. The molecule has 0 fully saturated rings. The van der Waals surface area contributed by atoms with Crippen LogP contribution in [0.1, 0.15) is 24.6 Å². The van der Waals surface area contributed by atoms with E-state index in [9.17, 15) is 4.79 Å². The summed E-state index contributed by atoms with van der Waals surface area (Å²) in [7, 11) is 3.56. The van der Waals surface area contributed by atoms with Gasteiger partial charge in [0.2, 0.25) is 0 Å². The minimum atomic E-state index is -0.200. The molecule has 2 aromatic rings. The van der Waals surface area contributed by atoms with Crippen LogP contribution in [0.2, 0.25) is 0 Å². The minimum absolute atomic E-state index is 0.141. The SMILES string of the molecule is COC(=O)CC1(C)SCCc2c1n(C)c1ccccc21. The second kappa shape index (κ2) is 4.85. The van der Waals surface area contributed by atoms with Gasteiger partial charge in [-0.1, -0.05) is 18.2 Å². The summed E-state index contributed by atoms with van der Waals surface area (Å²) in [5, 5.41) is 1.32. The smallest absolute Gasteiger partial charge is 0.307 e. The van der Waals surface area contributed by atoms with E-state index in [0.717, 1.165) is 12.2 Å². The molecule has 2 heterocycles. The highest BCUT2D eigenvalue weighted by Gasteiger charge is 2.39.